The molecule has 0 radical (unpaired) electrons. The first-order valence-corrected chi connectivity index (χ1v) is 7.92. The van der Waals surface area contributed by atoms with Gasteiger partial charge in [0.25, 0.3) is 0 Å². The highest BCUT2D eigenvalue weighted by Gasteiger charge is 2.14. The van der Waals surface area contributed by atoms with Crippen molar-refractivity contribution >= 4 is 25.8 Å². The number of benzene rings is 1. The Morgan fingerprint density at radius 2 is 1.69 bits per heavy atom. The molecule has 1 rings (SSSR count). The van der Waals surface area contributed by atoms with E-state index in [2.05, 4.69) is 29.8 Å². The molecule has 0 aromatic heterocycles. The maximum atomic E-state index is 11.6. The molecular weight excluding hydrogens is 288 g/mol. The largest absolute Gasteiger partial charge is 0.224 e. The molecule has 0 aliphatic heterocycles. The minimum atomic E-state index is -3.07. The highest BCUT2D eigenvalue weighted by atomic mass is 79.9. The maximum Gasteiger partial charge on any atom is 0.178 e. The quantitative estimate of drug-likeness (QED) is 0.799. The van der Waals surface area contributed by atoms with Gasteiger partial charge in [0.2, 0.25) is 0 Å². The number of halogens is 1. The third kappa shape index (κ3) is 3.08. The number of hydrogen-bond donors (Lipinski definition) is 0. The van der Waals surface area contributed by atoms with Gasteiger partial charge in [-0.05, 0) is 23.6 Å². The summed E-state index contributed by atoms with van der Waals surface area (Å²) in [5, 5.41) is 0. The van der Waals surface area contributed by atoms with Gasteiger partial charge in [0.05, 0.1) is 10.6 Å². The molecule has 2 atom stereocenters. The van der Waals surface area contributed by atoms with Gasteiger partial charge in [0, 0.05) is 4.83 Å². The van der Waals surface area contributed by atoms with E-state index in [1.165, 1.54) is 0 Å². The molecule has 1 aromatic rings. The van der Waals surface area contributed by atoms with Gasteiger partial charge in [-0.15, -0.1) is 0 Å². The molecule has 4 heteroatoms. The summed E-state index contributed by atoms with van der Waals surface area (Å²) in [6, 6.07) is 7.18. The topological polar surface area (TPSA) is 34.1 Å². The summed E-state index contributed by atoms with van der Waals surface area (Å²) >= 11 is 3.53. The van der Waals surface area contributed by atoms with Gasteiger partial charge in [-0.3, -0.25) is 0 Å². The Balaban J connectivity index is 3.01. The Morgan fingerprint density at radius 3 is 2.06 bits per heavy atom. The highest BCUT2D eigenvalue weighted by molar-refractivity contribution is 9.09. The predicted octanol–water partition coefficient (Wildman–Crippen LogP) is 3.37. The molecule has 0 saturated carbocycles. The summed E-state index contributed by atoms with van der Waals surface area (Å²) in [6.45, 7) is 5.86. The summed E-state index contributed by atoms with van der Waals surface area (Å²) in [7, 11) is -3.07. The van der Waals surface area contributed by atoms with Crippen LogP contribution in [0.3, 0.4) is 0 Å². The molecule has 16 heavy (non-hydrogen) atoms. The van der Waals surface area contributed by atoms with Crippen molar-refractivity contribution in [3.05, 3.63) is 29.8 Å². The third-order valence-electron chi connectivity index (χ3n) is 2.83. The molecule has 0 aliphatic carbocycles. The zero-order valence-electron chi connectivity index (χ0n) is 9.77. The van der Waals surface area contributed by atoms with E-state index in [-0.39, 0.29) is 5.75 Å². The summed E-state index contributed by atoms with van der Waals surface area (Å²) in [5.74, 6) is 0.523. The fourth-order valence-corrected chi connectivity index (χ4v) is 2.60. The van der Waals surface area contributed by atoms with Crippen LogP contribution in [0.4, 0.5) is 0 Å². The second-order valence-electron chi connectivity index (χ2n) is 3.94. The van der Waals surface area contributed by atoms with E-state index in [1.54, 1.807) is 19.1 Å². The first-order valence-electron chi connectivity index (χ1n) is 5.35. The molecule has 0 aliphatic rings. The molecule has 0 N–H and O–H groups in total. The van der Waals surface area contributed by atoms with Crippen molar-refractivity contribution in [1.29, 1.82) is 0 Å². The van der Waals surface area contributed by atoms with Crippen LogP contribution in [0.5, 0.6) is 0 Å². The molecule has 0 fully saturated rings. The summed E-state index contributed by atoms with van der Waals surface area (Å²) < 4.78 is 23.2. The number of alkyl halides is 1. The van der Waals surface area contributed by atoms with Gasteiger partial charge >= 0.3 is 0 Å². The van der Waals surface area contributed by atoms with Crippen LogP contribution in [-0.2, 0) is 9.84 Å². The number of rotatable bonds is 4. The van der Waals surface area contributed by atoms with Crippen molar-refractivity contribution in [2.75, 3.05) is 5.75 Å². The number of hydrogen-bond acceptors (Lipinski definition) is 2. The minimum absolute atomic E-state index is 0.150. The Labute approximate surface area is 106 Å². The summed E-state index contributed by atoms with van der Waals surface area (Å²) in [4.78, 5) is 0.786. The van der Waals surface area contributed by atoms with Crippen LogP contribution in [-0.4, -0.2) is 19.0 Å². The lowest BCUT2D eigenvalue weighted by Crippen LogP contribution is -2.06. The van der Waals surface area contributed by atoms with Gasteiger partial charge in [-0.2, -0.15) is 0 Å². The Bertz CT molecular complexity index is 435. The van der Waals surface area contributed by atoms with Crippen molar-refractivity contribution < 1.29 is 8.42 Å². The van der Waals surface area contributed by atoms with Crippen LogP contribution in [0.1, 0.15) is 32.3 Å². The monoisotopic (exact) mass is 304 g/mol. The molecule has 1 aromatic carbocycles. The molecule has 2 nitrogen and oxygen atoms in total. The molecule has 90 valence electrons. The van der Waals surface area contributed by atoms with Crippen LogP contribution >= 0.6 is 15.9 Å². The first kappa shape index (κ1) is 13.7. The molecule has 0 spiro atoms. The van der Waals surface area contributed by atoms with E-state index in [1.807, 2.05) is 12.1 Å². The van der Waals surface area contributed by atoms with Gasteiger partial charge in [0.1, 0.15) is 0 Å². The Kier molecular flexibility index (Phi) is 4.56. The lowest BCUT2D eigenvalue weighted by Gasteiger charge is -2.14. The average molecular weight is 305 g/mol. The van der Waals surface area contributed by atoms with Gasteiger partial charge < -0.3 is 0 Å². The average Bonchev–Trinajstić information content (AvgIpc) is 2.28. The van der Waals surface area contributed by atoms with Crippen LogP contribution in [0.25, 0.3) is 0 Å². The number of sulfone groups is 1. The minimum Gasteiger partial charge on any atom is -0.224 e. The third-order valence-corrected chi connectivity index (χ3v) is 5.38. The lowest BCUT2D eigenvalue weighted by molar-refractivity contribution is 0.597. The normalized spacial score (nSPS) is 15.8. The zero-order valence-corrected chi connectivity index (χ0v) is 12.2. The standard InChI is InChI=1S/C12H17BrO2S/c1-4-16(14,15)12-7-5-11(6-8-12)9(2)10(3)13/h5-10H,4H2,1-3H3. The fraction of sp³-hybridized carbons (Fsp3) is 0.500. The molecule has 0 amide bonds. The Morgan fingerprint density at radius 1 is 1.19 bits per heavy atom. The van der Waals surface area contributed by atoms with Crippen LogP contribution in [0.15, 0.2) is 29.2 Å². The molecule has 2 unspecified atom stereocenters. The molecule has 0 bridgehead atoms. The Hall–Kier alpha value is -0.350. The van der Waals surface area contributed by atoms with E-state index < -0.39 is 9.84 Å². The smallest absolute Gasteiger partial charge is 0.178 e. The van der Waals surface area contributed by atoms with Crippen molar-refractivity contribution in [2.24, 2.45) is 0 Å². The van der Waals surface area contributed by atoms with E-state index >= 15 is 0 Å². The summed E-state index contributed by atoms with van der Waals surface area (Å²) in [5.41, 5.74) is 1.15. The molecular formula is C12H17BrO2S. The van der Waals surface area contributed by atoms with Crippen LogP contribution in [0.2, 0.25) is 0 Å². The van der Waals surface area contributed by atoms with Crippen molar-refractivity contribution in [2.45, 2.75) is 36.4 Å². The second-order valence-corrected chi connectivity index (χ2v) is 7.66. The van der Waals surface area contributed by atoms with Gasteiger partial charge in [-0.25, -0.2) is 8.42 Å². The fourth-order valence-electron chi connectivity index (χ4n) is 1.41. The van der Waals surface area contributed by atoms with Crippen molar-refractivity contribution in [1.82, 2.24) is 0 Å². The van der Waals surface area contributed by atoms with E-state index in [4.69, 9.17) is 0 Å². The van der Waals surface area contributed by atoms with Crippen molar-refractivity contribution in [3.8, 4) is 0 Å². The first-order chi connectivity index (χ1) is 7.38. The second kappa shape index (κ2) is 5.32. The zero-order chi connectivity index (χ0) is 12.3. The summed E-state index contributed by atoms with van der Waals surface area (Å²) in [6.07, 6.45) is 0. The molecule has 0 heterocycles. The van der Waals surface area contributed by atoms with Gasteiger partial charge in [0.15, 0.2) is 9.84 Å². The lowest BCUT2D eigenvalue weighted by atomic mass is 9.99. The predicted molar refractivity (Wildman–Crippen MR) is 71.0 cm³/mol. The van der Waals surface area contributed by atoms with Gasteiger partial charge in [-0.1, -0.05) is 48.8 Å². The highest BCUT2D eigenvalue weighted by Crippen LogP contribution is 2.25. The van der Waals surface area contributed by atoms with E-state index in [0.717, 1.165) is 5.56 Å². The maximum absolute atomic E-state index is 11.6. The SMILES string of the molecule is CCS(=O)(=O)c1ccc(C(C)C(C)Br)cc1. The van der Waals surface area contributed by atoms with Crippen molar-refractivity contribution in [3.63, 3.8) is 0 Å². The van der Waals surface area contributed by atoms with Crippen LogP contribution in [0, 0.1) is 0 Å². The van der Waals surface area contributed by atoms with E-state index in [0.29, 0.717) is 15.6 Å². The molecule has 0 saturated heterocycles. The van der Waals surface area contributed by atoms with Crippen LogP contribution < -0.4 is 0 Å². The van der Waals surface area contributed by atoms with E-state index in [9.17, 15) is 8.42 Å².